The second-order valence-electron chi connectivity index (χ2n) is 7.41. The average molecular weight is 381 g/mol. The van der Waals surface area contributed by atoms with Gasteiger partial charge in [0, 0.05) is 44.4 Å². The first-order valence-electron chi connectivity index (χ1n) is 10.1. The molecule has 1 saturated carbocycles. The van der Waals surface area contributed by atoms with E-state index in [1.807, 2.05) is 0 Å². The third kappa shape index (κ3) is 7.23. The van der Waals surface area contributed by atoms with Crippen molar-refractivity contribution in [1.82, 2.24) is 15.6 Å². The number of hydrogen-bond acceptors (Lipinski definition) is 4. The summed E-state index contributed by atoms with van der Waals surface area (Å²) in [5, 5.41) is 10.3. The predicted molar refractivity (Wildman–Crippen MR) is 111 cm³/mol. The Labute approximate surface area is 163 Å². The van der Waals surface area contributed by atoms with Gasteiger partial charge in [0.1, 0.15) is 0 Å². The molecular weight excluding hydrogens is 344 g/mol. The Kier molecular flexibility index (Phi) is 9.40. The SMILES string of the molecule is CCNC(=NCC1(CCOC)CCCC1)NCCCCc1nc(C)cs1. The molecule has 0 bridgehead atoms. The Morgan fingerprint density at radius 1 is 1.31 bits per heavy atom. The normalized spacial score (nSPS) is 16.8. The minimum Gasteiger partial charge on any atom is -0.385 e. The van der Waals surface area contributed by atoms with Gasteiger partial charge in [-0.1, -0.05) is 12.8 Å². The van der Waals surface area contributed by atoms with Gasteiger partial charge in [-0.15, -0.1) is 11.3 Å². The monoisotopic (exact) mass is 380 g/mol. The lowest BCUT2D eigenvalue weighted by molar-refractivity contribution is 0.141. The van der Waals surface area contributed by atoms with Crippen molar-refractivity contribution in [2.24, 2.45) is 10.4 Å². The number of methoxy groups -OCH3 is 1. The van der Waals surface area contributed by atoms with Crippen molar-refractivity contribution in [2.45, 2.75) is 65.2 Å². The number of unbranched alkanes of at least 4 members (excludes halogenated alkanes) is 1. The summed E-state index contributed by atoms with van der Waals surface area (Å²) < 4.78 is 5.33. The number of aliphatic imine (C=N–C) groups is 1. The lowest BCUT2D eigenvalue weighted by Crippen LogP contribution is -2.39. The lowest BCUT2D eigenvalue weighted by Gasteiger charge is -2.27. The number of aromatic nitrogens is 1. The number of aryl methyl sites for hydroxylation is 2. The van der Waals surface area contributed by atoms with Crippen LogP contribution in [0.15, 0.2) is 10.4 Å². The number of thiazole rings is 1. The maximum atomic E-state index is 5.33. The zero-order chi connectivity index (χ0) is 18.7. The molecule has 1 heterocycles. The highest BCUT2D eigenvalue weighted by Crippen LogP contribution is 2.41. The van der Waals surface area contributed by atoms with Crippen molar-refractivity contribution in [1.29, 1.82) is 0 Å². The van der Waals surface area contributed by atoms with Gasteiger partial charge in [-0.3, -0.25) is 4.99 Å². The van der Waals surface area contributed by atoms with Crippen molar-refractivity contribution in [3.63, 3.8) is 0 Å². The lowest BCUT2D eigenvalue weighted by atomic mass is 9.83. The zero-order valence-electron chi connectivity index (χ0n) is 16.8. The molecule has 2 N–H and O–H groups in total. The van der Waals surface area contributed by atoms with Gasteiger partial charge in [0.2, 0.25) is 0 Å². The number of ether oxygens (including phenoxy) is 1. The van der Waals surface area contributed by atoms with Crippen LogP contribution in [0.5, 0.6) is 0 Å². The summed E-state index contributed by atoms with van der Waals surface area (Å²) in [6.07, 6.45) is 9.74. The number of nitrogens with one attached hydrogen (secondary N) is 2. The number of guanidine groups is 1. The molecular formula is C20H36N4OS. The molecule has 1 aliphatic rings. The molecule has 6 heteroatoms. The fraction of sp³-hybridized carbons (Fsp3) is 0.800. The molecule has 0 saturated heterocycles. The van der Waals surface area contributed by atoms with E-state index in [2.05, 4.69) is 34.8 Å². The van der Waals surface area contributed by atoms with Crippen LogP contribution >= 0.6 is 11.3 Å². The van der Waals surface area contributed by atoms with E-state index in [9.17, 15) is 0 Å². The first-order valence-corrected chi connectivity index (χ1v) is 11.0. The molecule has 0 radical (unpaired) electrons. The number of hydrogen-bond donors (Lipinski definition) is 2. The molecule has 1 fully saturated rings. The van der Waals surface area contributed by atoms with Crippen LogP contribution < -0.4 is 10.6 Å². The van der Waals surface area contributed by atoms with E-state index in [1.165, 1.54) is 30.7 Å². The topological polar surface area (TPSA) is 58.5 Å². The molecule has 1 aromatic rings. The Hall–Kier alpha value is -1.14. The predicted octanol–water partition coefficient (Wildman–Crippen LogP) is 3.93. The van der Waals surface area contributed by atoms with Gasteiger partial charge in [0.25, 0.3) is 0 Å². The molecule has 2 rings (SSSR count). The second-order valence-corrected chi connectivity index (χ2v) is 8.35. The van der Waals surface area contributed by atoms with E-state index in [0.29, 0.717) is 5.41 Å². The van der Waals surface area contributed by atoms with Crippen molar-refractivity contribution in [3.05, 3.63) is 16.1 Å². The highest BCUT2D eigenvalue weighted by atomic mass is 32.1. The Bertz CT molecular complexity index is 538. The van der Waals surface area contributed by atoms with Crippen LogP contribution in [0.1, 0.15) is 62.6 Å². The summed E-state index contributed by atoms with van der Waals surface area (Å²) in [5.74, 6) is 0.960. The Morgan fingerprint density at radius 3 is 2.77 bits per heavy atom. The fourth-order valence-corrected chi connectivity index (χ4v) is 4.46. The molecule has 0 aliphatic heterocycles. The van der Waals surface area contributed by atoms with Crippen LogP contribution in [-0.4, -0.2) is 44.3 Å². The van der Waals surface area contributed by atoms with Crippen molar-refractivity contribution in [2.75, 3.05) is 33.4 Å². The van der Waals surface area contributed by atoms with Crippen LogP contribution in [-0.2, 0) is 11.2 Å². The molecule has 1 aliphatic carbocycles. The summed E-state index contributed by atoms with van der Waals surface area (Å²) in [5.41, 5.74) is 1.49. The summed E-state index contributed by atoms with van der Waals surface area (Å²) in [4.78, 5) is 9.44. The number of rotatable bonds is 11. The molecule has 148 valence electrons. The van der Waals surface area contributed by atoms with Gasteiger partial charge in [-0.2, -0.15) is 0 Å². The zero-order valence-corrected chi connectivity index (χ0v) is 17.6. The van der Waals surface area contributed by atoms with Crippen molar-refractivity contribution < 1.29 is 4.74 Å². The van der Waals surface area contributed by atoms with Gasteiger partial charge in [-0.05, 0) is 57.8 Å². The van der Waals surface area contributed by atoms with E-state index in [0.717, 1.165) is 63.6 Å². The minimum atomic E-state index is 0.348. The van der Waals surface area contributed by atoms with Gasteiger partial charge < -0.3 is 15.4 Å². The van der Waals surface area contributed by atoms with Crippen molar-refractivity contribution in [3.8, 4) is 0 Å². The van der Waals surface area contributed by atoms with Crippen LogP contribution in [0.3, 0.4) is 0 Å². The largest absolute Gasteiger partial charge is 0.385 e. The second kappa shape index (κ2) is 11.5. The molecule has 0 atom stereocenters. The van der Waals surface area contributed by atoms with Crippen LogP contribution in [0, 0.1) is 12.3 Å². The third-order valence-corrected chi connectivity index (χ3v) is 6.22. The molecule has 0 aromatic carbocycles. The number of nitrogens with zero attached hydrogens (tertiary/aromatic N) is 2. The smallest absolute Gasteiger partial charge is 0.191 e. The highest BCUT2D eigenvalue weighted by molar-refractivity contribution is 7.09. The summed E-state index contributed by atoms with van der Waals surface area (Å²) in [6, 6.07) is 0. The molecule has 0 unspecified atom stereocenters. The maximum Gasteiger partial charge on any atom is 0.191 e. The van der Waals surface area contributed by atoms with Crippen molar-refractivity contribution >= 4 is 17.3 Å². The molecule has 26 heavy (non-hydrogen) atoms. The quantitative estimate of drug-likeness (QED) is 0.347. The van der Waals surface area contributed by atoms with Gasteiger partial charge in [0.15, 0.2) is 5.96 Å². The highest BCUT2D eigenvalue weighted by Gasteiger charge is 2.33. The fourth-order valence-electron chi connectivity index (χ4n) is 3.64. The first-order chi connectivity index (χ1) is 12.7. The van der Waals surface area contributed by atoms with E-state index in [4.69, 9.17) is 9.73 Å². The third-order valence-electron chi connectivity index (χ3n) is 5.19. The molecule has 0 amide bonds. The van der Waals surface area contributed by atoms with Crippen LogP contribution in [0.4, 0.5) is 0 Å². The van der Waals surface area contributed by atoms with Crippen LogP contribution in [0.25, 0.3) is 0 Å². The van der Waals surface area contributed by atoms with E-state index < -0.39 is 0 Å². The van der Waals surface area contributed by atoms with Gasteiger partial charge in [-0.25, -0.2) is 4.98 Å². The van der Waals surface area contributed by atoms with E-state index in [1.54, 1.807) is 18.4 Å². The first kappa shape index (κ1) is 21.2. The summed E-state index contributed by atoms with van der Waals surface area (Å²) in [7, 11) is 1.80. The van der Waals surface area contributed by atoms with E-state index >= 15 is 0 Å². The standard InChI is InChI=1S/C20H36N4OS/c1-4-21-19(22-13-8-5-9-18-24-17(2)15-26-18)23-16-20(12-14-25-3)10-6-7-11-20/h15H,4-14,16H2,1-3H3,(H2,21,22,23). The average Bonchev–Trinajstić information content (AvgIpc) is 3.27. The summed E-state index contributed by atoms with van der Waals surface area (Å²) >= 11 is 1.77. The molecule has 0 spiro atoms. The Balaban J connectivity index is 1.74. The van der Waals surface area contributed by atoms with Gasteiger partial charge >= 0.3 is 0 Å². The molecule has 1 aromatic heterocycles. The Morgan fingerprint density at radius 2 is 2.12 bits per heavy atom. The maximum absolute atomic E-state index is 5.33. The van der Waals surface area contributed by atoms with Gasteiger partial charge in [0.05, 0.1) is 5.01 Å². The molecule has 5 nitrogen and oxygen atoms in total. The summed E-state index contributed by atoms with van der Waals surface area (Å²) in [6.45, 7) is 7.79. The van der Waals surface area contributed by atoms with Crippen LogP contribution in [0.2, 0.25) is 0 Å². The van der Waals surface area contributed by atoms with E-state index in [-0.39, 0.29) is 0 Å². The minimum absolute atomic E-state index is 0.348.